The van der Waals surface area contributed by atoms with Crippen molar-refractivity contribution in [2.45, 2.75) is 40.2 Å². The Hall–Kier alpha value is -3.29. The first-order valence-electron chi connectivity index (χ1n) is 11.0. The van der Waals surface area contributed by atoms with E-state index in [-0.39, 0.29) is 5.91 Å². The summed E-state index contributed by atoms with van der Waals surface area (Å²) in [5, 5.41) is 5.31. The highest BCUT2D eigenvalue weighted by molar-refractivity contribution is 5.86. The van der Waals surface area contributed by atoms with Crippen LogP contribution in [-0.2, 0) is 24.8 Å². The van der Waals surface area contributed by atoms with Crippen molar-refractivity contribution in [3.63, 3.8) is 0 Å². The van der Waals surface area contributed by atoms with Gasteiger partial charge in [0.25, 0.3) is 0 Å². The molecule has 1 aromatic carbocycles. The average Bonchev–Trinajstić information content (AvgIpc) is 3.12. The van der Waals surface area contributed by atoms with Gasteiger partial charge in [0.05, 0.1) is 12.5 Å². The lowest BCUT2D eigenvalue weighted by atomic mass is 10.00. The number of fused-ring (bicyclic) bond motifs is 2. The van der Waals surface area contributed by atoms with Crippen molar-refractivity contribution < 1.29 is 19.0 Å². The lowest BCUT2D eigenvalue weighted by Gasteiger charge is -2.25. The number of pyridine rings is 1. The van der Waals surface area contributed by atoms with Gasteiger partial charge in [-0.25, -0.2) is 9.67 Å². The molecule has 1 amide bonds. The zero-order chi connectivity index (χ0) is 22.8. The van der Waals surface area contributed by atoms with Gasteiger partial charge < -0.3 is 19.1 Å². The zero-order valence-corrected chi connectivity index (χ0v) is 19.4. The predicted molar refractivity (Wildman–Crippen MR) is 121 cm³/mol. The summed E-state index contributed by atoms with van der Waals surface area (Å²) >= 11 is 0. The van der Waals surface area contributed by atoms with E-state index >= 15 is 0 Å². The average molecular weight is 439 g/mol. The number of hydrogen-bond acceptors (Lipinski definition) is 6. The van der Waals surface area contributed by atoms with Crippen LogP contribution in [0.1, 0.15) is 35.7 Å². The van der Waals surface area contributed by atoms with Gasteiger partial charge in [-0.3, -0.25) is 4.79 Å². The molecule has 3 heterocycles. The third-order valence-electron chi connectivity index (χ3n) is 6.05. The molecule has 8 heteroatoms. The molecular formula is C24H30N4O4. The third-order valence-corrected chi connectivity index (χ3v) is 6.05. The first-order valence-corrected chi connectivity index (χ1v) is 11.0. The fraction of sp³-hybridized carbons (Fsp3) is 0.458. The van der Waals surface area contributed by atoms with Crippen molar-refractivity contribution in [1.29, 1.82) is 0 Å². The van der Waals surface area contributed by atoms with Crippen molar-refractivity contribution in [3.8, 4) is 17.4 Å². The molecule has 0 aliphatic carbocycles. The maximum Gasteiger partial charge on any atom is 0.242 e. The van der Waals surface area contributed by atoms with E-state index in [2.05, 4.69) is 5.10 Å². The minimum Gasteiger partial charge on any atom is -0.486 e. The van der Waals surface area contributed by atoms with Crippen LogP contribution in [0.25, 0.3) is 11.0 Å². The van der Waals surface area contributed by atoms with Crippen LogP contribution in [0.3, 0.4) is 0 Å². The molecule has 1 aliphatic heterocycles. The lowest BCUT2D eigenvalue weighted by Crippen LogP contribution is -2.31. The fourth-order valence-corrected chi connectivity index (χ4v) is 4.34. The van der Waals surface area contributed by atoms with Crippen molar-refractivity contribution >= 4 is 16.9 Å². The number of aromatic nitrogens is 3. The number of aryl methyl sites for hydroxylation is 3. The Labute approximate surface area is 188 Å². The summed E-state index contributed by atoms with van der Waals surface area (Å²) in [6.45, 7) is 8.21. The molecule has 0 fully saturated rings. The topological polar surface area (TPSA) is 78.7 Å². The van der Waals surface area contributed by atoms with E-state index in [1.165, 1.54) is 0 Å². The monoisotopic (exact) mass is 438 g/mol. The van der Waals surface area contributed by atoms with Gasteiger partial charge in [-0.2, -0.15) is 0 Å². The highest BCUT2D eigenvalue weighted by Gasteiger charge is 2.22. The molecule has 32 heavy (non-hydrogen) atoms. The van der Waals surface area contributed by atoms with Gasteiger partial charge in [-0.15, -0.1) is 5.10 Å². The maximum absolute atomic E-state index is 13.1. The molecule has 0 saturated heterocycles. The highest BCUT2D eigenvalue weighted by Crippen LogP contribution is 2.34. The van der Waals surface area contributed by atoms with E-state index in [1.54, 1.807) is 11.8 Å². The van der Waals surface area contributed by atoms with Gasteiger partial charge in [0.2, 0.25) is 11.8 Å². The first kappa shape index (κ1) is 21.9. The Kier molecular flexibility index (Phi) is 6.21. The number of hydrogen-bond donors (Lipinski definition) is 0. The van der Waals surface area contributed by atoms with Gasteiger partial charge in [0, 0.05) is 37.8 Å². The van der Waals surface area contributed by atoms with Crippen LogP contribution in [0, 0.1) is 13.8 Å². The van der Waals surface area contributed by atoms with Crippen LogP contribution in [0.2, 0.25) is 0 Å². The van der Waals surface area contributed by atoms with E-state index in [0.29, 0.717) is 45.0 Å². The van der Waals surface area contributed by atoms with E-state index in [0.717, 1.165) is 44.9 Å². The van der Waals surface area contributed by atoms with E-state index in [1.807, 2.05) is 50.9 Å². The minimum atomic E-state index is 0.0962. The number of rotatable bonds is 7. The van der Waals surface area contributed by atoms with Crippen LogP contribution in [0.4, 0.5) is 0 Å². The standard InChI is InChI=1S/C24H30N4O4/c1-6-28(14-17-8-7-9-19-22(17)32-13-12-31-19)20(29)11-10-18-15(2)21-23(25-16(18)3)27(4)26-24(21)30-5/h7-9H,6,10-14H2,1-5H3. The summed E-state index contributed by atoms with van der Waals surface area (Å²) in [6.07, 6.45) is 1.01. The van der Waals surface area contributed by atoms with E-state index in [4.69, 9.17) is 19.2 Å². The Bertz CT molecular complexity index is 1150. The summed E-state index contributed by atoms with van der Waals surface area (Å²) < 4.78 is 18.7. The molecule has 0 N–H and O–H groups in total. The van der Waals surface area contributed by atoms with Gasteiger partial charge in [-0.1, -0.05) is 12.1 Å². The number of carbonyl (C=O) groups excluding carboxylic acids is 1. The Balaban J connectivity index is 1.52. The van der Waals surface area contributed by atoms with Crippen LogP contribution < -0.4 is 14.2 Å². The molecule has 0 radical (unpaired) electrons. The third kappa shape index (κ3) is 3.97. The van der Waals surface area contributed by atoms with Crippen LogP contribution >= 0.6 is 0 Å². The smallest absolute Gasteiger partial charge is 0.242 e. The number of amides is 1. The zero-order valence-electron chi connectivity index (χ0n) is 19.4. The molecular weight excluding hydrogens is 408 g/mol. The second kappa shape index (κ2) is 9.06. The predicted octanol–water partition coefficient (Wildman–Crippen LogP) is 3.35. The van der Waals surface area contributed by atoms with Crippen molar-refractivity contribution in [1.82, 2.24) is 19.7 Å². The van der Waals surface area contributed by atoms with Crippen molar-refractivity contribution in [2.24, 2.45) is 7.05 Å². The maximum atomic E-state index is 13.1. The molecule has 0 saturated carbocycles. The first-order chi connectivity index (χ1) is 15.4. The quantitative estimate of drug-likeness (QED) is 0.563. The Morgan fingerprint density at radius 1 is 1.25 bits per heavy atom. The molecule has 170 valence electrons. The van der Waals surface area contributed by atoms with Crippen LogP contribution in [0.5, 0.6) is 17.4 Å². The molecule has 2 aromatic heterocycles. The molecule has 0 unspecified atom stereocenters. The van der Waals surface area contributed by atoms with Crippen LogP contribution in [-0.4, -0.2) is 52.4 Å². The second-order valence-electron chi connectivity index (χ2n) is 7.98. The molecule has 8 nitrogen and oxygen atoms in total. The number of ether oxygens (including phenoxy) is 3. The lowest BCUT2D eigenvalue weighted by molar-refractivity contribution is -0.131. The van der Waals surface area contributed by atoms with Crippen molar-refractivity contribution in [3.05, 3.63) is 40.6 Å². The summed E-state index contributed by atoms with van der Waals surface area (Å²) in [7, 11) is 3.47. The number of para-hydroxylation sites is 1. The van der Waals surface area contributed by atoms with Gasteiger partial charge >= 0.3 is 0 Å². The fourth-order valence-electron chi connectivity index (χ4n) is 4.34. The van der Waals surface area contributed by atoms with Crippen molar-refractivity contribution in [2.75, 3.05) is 26.9 Å². The molecule has 3 aromatic rings. The number of nitrogens with zero attached hydrogens (tertiary/aromatic N) is 4. The summed E-state index contributed by atoms with van der Waals surface area (Å²) in [5.41, 5.74) is 4.81. The van der Waals surface area contributed by atoms with E-state index in [9.17, 15) is 4.79 Å². The Morgan fingerprint density at radius 2 is 2.03 bits per heavy atom. The molecule has 0 spiro atoms. The molecule has 4 rings (SSSR count). The summed E-state index contributed by atoms with van der Waals surface area (Å²) in [6, 6.07) is 5.83. The Morgan fingerprint density at radius 3 is 2.78 bits per heavy atom. The highest BCUT2D eigenvalue weighted by atomic mass is 16.6. The number of benzene rings is 1. The van der Waals surface area contributed by atoms with Gasteiger partial charge in [0.15, 0.2) is 17.1 Å². The largest absolute Gasteiger partial charge is 0.486 e. The summed E-state index contributed by atoms with van der Waals surface area (Å²) in [5.74, 6) is 2.15. The minimum absolute atomic E-state index is 0.0962. The number of carbonyl (C=O) groups is 1. The van der Waals surface area contributed by atoms with Gasteiger partial charge in [-0.05, 0) is 44.4 Å². The van der Waals surface area contributed by atoms with E-state index < -0.39 is 0 Å². The van der Waals surface area contributed by atoms with Gasteiger partial charge in [0.1, 0.15) is 13.2 Å². The second-order valence-corrected chi connectivity index (χ2v) is 7.98. The number of methoxy groups -OCH3 is 1. The molecule has 0 bridgehead atoms. The normalized spacial score (nSPS) is 12.8. The summed E-state index contributed by atoms with van der Waals surface area (Å²) in [4.78, 5) is 19.7. The SMILES string of the molecule is CCN(Cc1cccc2c1OCCO2)C(=O)CCc1c(C)nc2c(c(OC)nn2C)c1C. The molecule has 0 atom stereocenters. The molecule has 1 aliphatic rings. The van der Waals surface area contributed by atoms with Crippen LogP contribution in [0.15, 0.2) is 18.2 Å².